The molecule has 2 atom stereocenters. The van der Waals surface area contributed by atoms with Gasteiger partial charge in [0.15, 0.2) is 6.29 Å². The number of ether oxygens (including phenoxy) is 2. The maximum absolute atomic E-state index is 5.47. The van der Waals surface area contributed by atoms with Crippen molar-refractivity contribution >= 4 is 11.6 Å². The average molecular weight is 137 g/mol. The molecule has 0 bridgehead atoms. The summed E-state index contributed by atoms with van der Waals surface area (Å²) in [5, 5.41) is 0. The van der Waals surface area contributed by atoms with Crippen LogP contribution in [0.3, 0.4) is 0 Å². The number of hydrogen-bond acceptors (Lipinski definition) is 2. The highest BCUT2D eigenvalue weighted by Crippen LogP contribution is 2.10. The van der Waals surface area contributed by atoms with Gasteiger partial charge in [-0.25, -0.2) is 0 Å². The van der Waals surface area contributed by atoms with Crippen LogP contribution in [0, 0.1) is 0 Å². The maximum Gasteiger partial charge on any atom is 0.155 e. The van der Waals surface area contributed by atoms with Crippen LogP contribution in [0.4, 0.5) is 0 Å². The Balaban J connectivity index is 2.22. The lowest BCUT2D eigenvalue weighted by Gasteiger charge is -2.01. The van der Waals surface area contributed by atoms with Crippen molar-refractivity contribution in [2.45, 2.75) is 19.3 Å². The summed E-state index contributed by atoms with van der Waals surface area (Å²) >= 11 is 5.47. The fourth-order valence-electron chi connectivity index (χ4n) is 0.673. The largest absolute Gasteiger partial charge is 0.350 e. The molecule has 0 aromatic carbocycles. The third-order valence-corrected chi connectivity index (χ3v) is 1.42. The molecular formula is C5H9ClO2. The first kappa shape index (κ1) is 6.33. The summed E-state index contributed by atoms with van der Waals surface area (Å²) < 4.78 is 10.2. The fraction of sp³-hybridized carbons (Fsp3) is 1.00. The molecular weight excluding hydrogens is 128 g/mol. The normalized spacial score (nSPS) is 38.2. The van der Waals surface area contributed by atoms with E-state index in [1.54, 1.807) is 0 Å². The molecule has 0 aromatic heterocycles. The molecule has 0 aromatic rings. The van der Waals surface area contributed by atoms with Gasteiger partial charge in [0.25, 0.3) is 0 Å². The number of halogens is 1. The minimum atomic E-state index is -0.0567. The van der Waals surface area contributed by atoms with Crippen LogP contribution in [-0.4, -0.2) is 24.9 Å². The zero-order valence-corrected chi connectivity index (χ0v) is 5.52. The van der Waals surface area contributed by atoms with Crippen molar-refractivity contribution in [2.75, 3.05) is 12.5 Å². The van der Waals surface area contributed by atoms with E-state index in [-0.39, 0.29) is 12.4 Å². The third kappa shape index (κ3) is 1.34. The topological polar surface area (TPSA) is 18.5 Å². The van der Waals surface area contributed by atoms with Gasteiger partial charge in [-0.05, 0) is 6.92 Å². The van der Waals surface area contributed by atoms with E-state index in [0.29, 0.717) is 12.5 Å². The fourth-order valence-corrected chi connectivity index (χ4v) is 0.835. The van der Waals surface area contributed by atoms with Gasteiger partial charge in [-0.15, -0.1) is 11.6 Å². The summed E-state index contributed by atoms with van der Waals surface area (Å²) in [4.78, 5) is 0. The molecule has 1 unspecified atom stereocenters. The van der Waals surface area contributed by atoms with Crippen LogP contribution in [0.15, 0.2) is 0 Å². The Bertz CT molecular complexity index is 76.8. The summed E-state index contributed by atoms with van der Waals surface area (Å²) in [6.07, 6.45) is 0.0606. The summed E-state index contributed by atoms with van der Waals surface area (Å²) in [7, 11) is 0. The van der Waals surface area contributed by atoms with Crippen molar-refractivity contribution in [2.24, 2.45) is 0 Å². The van der Waals surface area contributed by atoms with Crippen molar-refractivity contribution < 1.29 is 9.47 Å². The molecule has 1 saturated heterocycles. The third-order valence-electron chi connectivity index (χ3n) is 1.07. The molecule has 3 heteroatoms. The maximum atomic E-state index is 5.47. The van der Waals surface area contributed by atoms with Gasteiger partial charge in [-0.2, -0.15) is 0 Å². The summed E-state index contributed by atoms with van der Waals surface area (Å²) in [5.74, 6) is 0.532. The Morgan fingerprint density at radius 3 is 2.75 bits per heavy atom. The lowest BCUT2D eigenvalue weighted by molar-refractivity contribution is -0.0384. The van der Waals surface area contributed by atoms with Crippen molar-refractivity contribution in [3.8, 4) is 0 Å². The van der Waals surface area contributed by atoms with Crippen molar-refractivity contribution in [1.82, 2.24) is 0 Å². The smallest absolute Gasteiger partial charge is 0.155 e. The SMILES string of the molecule is CC1OC[C@@H](CCl)O1. The van der Waals surface area contributed by atoms with E-state index < -0.39 is 0 Å². The zero-order chi connectivity index (χ0) is 5.98. The Kier molecular flexibility index (Phi) is 2.11. The van der Waals surface area contributed by atoms with Crippen molar-refractivity contribution in [1.29, 1.82) is 0 Å². The lowest BCUT2D eigenvalue weighted by atomic mass is 10.4. The van der Waals surface area contributed by atoms with Gasteiger partial charge in [0.05, 0.1) is 18.6 Å². The van der Waals surface area contributed by atoms with Gasteiger partial charge in [-0.3, -0.25) is 0 Å². The summed E-state index contributed by atoms with van der Waals surface area (Å²) in [6.45, 7) is 2.51. The van der Waals surface area contributed by atoms with Crippen LogP contribution in [0.1, 0.15) is 6.92 Å². The van der Waals surface area contributed by atoms with Crippen LogP contribution < -0.4 is 0 Å². The molecule has 1 fully saturated rings. The van der Waals surface area contributed by atoms with E-state index in [1.807, 2.05) is 6.92 Å². The molecule has 0 amide bonds. The quantitative estimate of drug-likeness (QED) is 0.501. The Morgan fingerprint density at radius 2 is 2.50 bits per heavy atom. The highest BCUT2D eigenvalue weighted by atomic mass is 35.5. The molecule has 1 aliphatic heterocycles. The first-order chi connectivity index (χ1) is 3.83. The molecule has 48 valence electrons. The Hall–Kier alpha value is 0.210. The second kappa shape index (κ2) is 2.67. The molecule has 0 spiro atoms. The van der Waals surface area contributed by atoms with Gasteiger partial charge >= 0.3 is 0 Å². The first-order valence-electron chi connectivity index (χ1n) is 2.66. The van der Waals surface area contributed by atoms with Gasteiger partial charge < -0.3 is 9.47 Å². The molecule has 0 radical (unpaired) electrons. The van der Waals surface area contributed by atoms with Crippen LogP contribution in [0.2, 0.25) is 0 Å². The highest BCUT2D eigenvalue weighted by Gasteiger charge is 2.20. The second-order valence-electron chi connectivity index (χ2n) is 1.81. The van der Waals surface area contributed by atoms with Crippen LogP contribution >= 0.6 is 11.6 Å². The molecule has 1 rings (SSSR count). The van der Waals surface area contributed by atoms with E-state index in [0.717, 1.165) is 0 Å². The average Bonchev–Trinajstić information content (AvgIpc) is 2.14. The Labute approximate surface area is 53.7 Å². The number of alkyl halides is 1. The molecule has 0 saturated carbocycles. The molecule has 0 aliphatic carbocycles. The van der Waals surface area contributed by atoms with Crippen molar-refractivity contribution in [3.63, 3.8) is 0 Å². The monoisotopic (exact) mass is 136 g/mol. The van der Waals surface area contributed by atoms with Gasteiger partial charge in [0, 0.05) is 0 Å². The van der Waals surface area contributed by atoms with E-state index in [9.17, 15) is 0 Å². The molecule has 1 heterocycles. The first-order valence-corrected chi connectivity index (χ1v) is 3.19. The van der Waals surface area contributed by atoms with Crippen LogP contribution in [0.25, 0.3) is 0 Å². The highest BCUT2D eigenvalue weighted by molar-refractivity contribution is 6.18. The Morgan fingerprint density at radius 1 is 1.75 bits per heavy atom. The predicted octanol–water partition coefficient (Wildman–Crippen LogP) is 0.987. The summed E-state index contributed by atoms with van der Waals surface area (Å²) in [5.41, 5.74) is 0. The van der Waals surface area contributed by atoms with Crippen molar-refractivity contribution in [3.05, 3.63) is 0 Å². The van der Waals surface area contributed by atoms with E-state index >= 15 is 0 Å². The standard InChI is InChI=1S/C5H9ClO2/c1-4-7-3-5(2-6)8-4/h4-5H,2-3H2,1H3/t4?,5-/m1/s1. The second-order valence-corrected chi connectivity index (χ2v) is 2.12. The molecule has 0 N–H and O–H groups in total. The lowest BCUT2D eigenvalue weighted by Crippen LogP contribution is -2.11. The number of hydrogen-bond donors (Lipinski definition) is 0. The van der Waals surface area contributed by atoms with Crippen LogP contribution in [0.5, 0.6) is 0 Å². The van der Waals surface area contributed by atoms with Gasteiger partial charge in [0.2, 0.25) is 0 Å². The van der Waals surface area contributed by atoms with E-state index in [2.05, 4.69) is 0 Å². The zero-order valence-electron chi connectivity index (χ0n) is 4.76. The van der Waals surface area contributed by atoms with Crippen LogP contribution in [-0.2, 0) is 9.47 Å². The van der Waals surface area contributed by atoms with Gasteiger partial charge in [0.1, 0.15) is 0 Å². The minimum absolute atomic E-state index is 0.0567. The summed E-state index contributed by atoms with van der Waals surface area (Å²) in [6, 6.07) is 0. The number of rotatable bonds is 1. The predicted molar refractivity (Wildman–Crippen MR) is 31.0 cm³/mol. The van der Waals surface area contributed by atoms with Gasteiger partial charge in [-0.1, -0.05) is 0 Å². The molecule has 8 heavy (non-hydrogen) atoms. The molecule has 2 nitrogen and oxygen atoms in total. The minimum Gasteiger partial charge on any atom is -0.350 e. The van der Waals surface area contributed by atoms with E-state index in [4.69, 9.17) is 21.1 Å². The molecule has 1 aliphatic rings. The van der Waals surface area contributed by atoms with E-state index in [1.165, 1.54) is 0 Å².